The number of ether oxygens (including phenoxy) is 7. The van der Waals surface area contributed by atoms with Crippen LogP contribution in [0.2, 0.25) is 0 Å². The minimum atomic E-state index is -2.42. The van der Waals surface area contributed by atoms with Gasteiger partial charge in [-0.3, -0.25) is 14.4 Å². The fourth-order valence-corrected chi connectivity index (χ4v) is 4.38. The summed E-state index contributed by atoms with van der Waals surface area (Å²) in [5.41, 5.74) is 0.502. The third kappa shape index (κ3) is 8.70. The minimum Gasteiger partial charge on any atom is -0.508 e. The molecule has 238 valence electrons. The van der Waals surface area contributed by atoms with Crippen molar-refractivity contribution in [3.63, 3.8) is 0 Å². The predicted molar refractivity (Wildman–Crippen MR) is 138 cm³/mol. The quantitative estimate of drug-likeness (QED) is 0.106. The maximum atomic E-state index is 12.8. The number of benzene rings is 1. The highest BCUT2D eigenvalue weighted by Crippen LogP contribution is 2.39. The fourth-order valence-electron chi connectivity index (χ4n) is 4.38. The Morgan fingerprint density at radius 1 is 0.884 bits per heavy atom. The Morgan fingerprint density at radius 2 is 1.53 bits per heavy atom. The molecule has 2 aliphatic rings. The molecule has 0 bridgehead atoms. The first-order chi connectivity index (χ1) is 20.3. The van der Waals surface area contributed by atoms with Crippen molar-refractivity contribution < 1.29 is 77.9 Å². The maximum Gasteiger partial charge on any atom is 0.331 e. The van der Waals surface area contributed by atoms with Crippen LogP contribution in [0.25, 0.3) is 6.08 Å². The molecule has 2 saturated heterocycles. The van der Waals surface area contributed by atoms with E-state index in [0.29, 0.717) is 5.56 Å². The van der Waals surface area contributed by atoms with Gasteiger partial charge in [0.15, 0.2) is 18.5 Å². The first-order valence-electron chi connectivity index (χ1n) is 13.0. The van der Waals surface area contributed by atoms with E-state index in [-0.39, 0.29) is 5.75 Å². The van der Waals surface area contributed by atoms with Crippen LogP contribution in [0.4, 0.5) is 0 Å². The van der Waals surface area contributed by atoms with Crippen LogP contribution < -0.4 is 0 Å². The predicted octanol–water partition coefficient (Wildman–Crippen LogP) is -1.71. The highest BCUT2D eigenvalue weighted by Gasteiger charge is 2.62. The maximum absolute atomic E-state index is 12.8. The molecule has 9 unspecified atom stereocenters. The Hall–Kier alpha value is -3.64. The SMILES string of the molecule is CC(=O)OCC1OC(OC2(COC(C)=O)OC(CO)C(O)C2OC(=O)C=Cc2ccc(O)cc2)C(O)C(O)C1OC(C)=O. The van der Waals surface area contributed by atoms with Crippen LogP contribution >= 0.6 is 0 Å². The highest BCUT2D eigenvalue weighted by molar-refractivity contribution is 5.87. The van der Waals surface area contributed by atoms with Gasteiger partial charge >= 0.3 is 23.9 Å². The van der Waals surface area contributed by atoms with E-state index >= 15 is 0 Å². The van der Waals surface area contributed by atoms with E-state index in [1.807, 2.05) is 0 Å². The molecule has 0 aliphatic carbocycles. The molecule has 9 atom stereocenters. The third-order valence-electron chi connectivity index (χ3n) is 6.39. The van der Waals surface area contributed by atoms with Crippen LogP contribution in [0.5, 0.6) is 5.75 Å². The second-order valence-corrected chi connectivity index (χ2v) is 9.72. The van der Waals surface area contributed by atoms with Gasteiger partial charge in [0, 0.05) is 26.8 Å². The molecular weight excluding hydrogens is 580 g/mol. The number of carbonyl (C=O) groups is 4. The van der Waals surface area contributed by atoms with Crippen LogP contribution in [-0.2, 0) is 52.3 Å². The third-order valence-corrected chi connectivity index (χ3v) is 6.39. The normalized spacial score (nSPS) is 32.3. The molecule has 5 N–H and O–H groups in total. The van der Waals surface area contributed by atoms with Crippen molar-refractivity contribution >= 4 is 30.0 Å². The lowest BCUT2D eigenvalue weighted by Crippen LogP contribution is -2.64. The average molecular weight is 615 g/mol. The summed E-state index contributed by atoms with van der Waals surface area (Å²) in [6, 6.07) is 5.78. The van der Waals surface area contributed by atoms with Gasteiger partial charge in [0.2, 0.25) is 5.79 Å². The molecule has 2 heterocycles. The van der Waals surface area contributed by atoms with Crippen molar-refractivity contribution in [2.75, 3.05) is 19.8 Å². The van der Waals surface area contributed by atoms with Gasteiger partial charge in [-0.1, -0.05) is 12.1 Å². The molecular formula is C27H34O16. The van der Waals surface area contributed by atoms with Gasteiger partial charge in [-0.15, -0.1) is 0 Å². The number of hydrogen-bond donors (Lipinski definition) is 5. The lowest BCUT2D eigenvalue weighted by atomic mass is 9.98. The number of esters is 4. The summed E-state index contributed by atoms with van der Waals surface area (Å²) in [7, 11) is 0. The molecule has 3 rings (SSSR count). The highest BCUT2D eigenvalue weighted by atomic mass is 16.8. The van der Waals surface area contributed by atoms with Gasteiger partial charge in [-0.05, 0) is 23.8 Å². The zero-order valence-electron chi connectivity index (χ0n) is 23.4. The number of aromatic hydroxyl groups is 1. The van der Waals surface area contributed by atoms with Gasteiger partial charge in [0.25, 0.3) is 0 Å². The molecule has 0 aromatic heterocycles. The second kappa shape index (κ2) is 14.7. The summed E-state index contributed by atoms with van der Waals surface area (Å²) >= 11 is 0. The van der Waals surface area contributed by atoms with Crippen LogP contribution in [0, 0.1) is 0 Å². The molecule has 1 aromatic carbocycles. The van der Waals surface area contributed by atoms with Crippen LogP contribution in [0.3, 0.4) is 0 Å². The topological polar surface area (TPSA) is 234 Å². The Balaban J connectivity index is 1.93. The lowest BCUT2D eigenvalue weighted by Gasteiger charge is -2.44. The zero-order chi connectivity index (χ0) is 31.9. The Labute approximate surface area is 245 Å². The largest absolute Gasteiger partial charge is 0.508 e. The zero-order valence-corrected chi connectivity index (χ0v) is 23.4. The van der Waals surface area contributed by atoms with Gasteiger partial charge in [0.05, 0.1) is 6.61 Å². The molecule has 0 radical (unpaired) electrons. The van der Waals surface area contributed by atoms with Crippen molar-refractivity contribution in [3.8, 4) is 5.75 Å². The van der Waals surface area contributed by atoms with E-state index in [1.54, 1.807) is 0 Å². The van der Waals surface area contributed by atoms with Crippen molar-refractivity contribution in [1.29, 1.82) is 0 Å². The number of hydrogen-bond acceptors (Lipinski definition) is 16. The van der Waals surface area contributed by atoms with Crippen molar-refractivity contribution in [3.05, 3.63) is 35.9 Å². The second-order valence-electron chi connectivity index (χ2n) is 9.72. The summed E-state index contributed by atoms with van der Waals surface area (Å²) in [6.45, 7) is 0.936. The van der Waals surface area contributed by atoms with E-state index in [0.717, 1.165) is 26.8 Å². The molecule has 16 nitrogen and oxygen atoms in total. The van der Waals surface area contributed by atoms with Gasteiger partial charge < -0.3 is 58.7 Å². The summed E-state index contributed by atoms with van der Waals surface area (Å²) in [6.07, 6.45) is -11.4. The molecule has 2 fully saturated rings. The molecule has 43 heavy (non-hydrogen) atoms. The van der Waals surface area contributed by atoms with Crippen molar-refractivity contribution in [2.24, 2.45) is 0 Å². The van der Waals surface area contributed by atoms with Crippen LogP contribution in [0.1, 0.15) is 26.3 Å². The van der Waals surface area contributed by atoms with E-state index < -0.39 is 98.5 Å². The number of aliphatic hydroxyl groups is 4. The molecule has 16 heteroatoms. The Bertz CT molecular complexity index is 1170. The summed E-state index contributed by atoms with van der Waals surface area (Å²) < 4.78 is 37.7. The monoisotopic (exact) mass is 614 g/mol. The number of rotatable bonds is 11. The van der Waals surface area contributed by atoms with Crippen molar-refractivity contribution in [1.82, 2.24) is 0 Å². The number of carbonyl (C=O) groups excluding carboxylic acids is 4. The molecule has 1 aromatic rings. The minimum absolute atomic E-state index is 0.0000819. The molecule has 0 spiro atoms. The van der Waals surface area contributed by atoms with E-state index in [4.69, 9.17) is 33.2 Å². The van der Waals surface area contributed by atoms with E-state index in [9.17, 15) is 44.7 Å². The van der Waals surface area contributed by atoms with E-state index in [2.05, 4.69) is 0 Å². The Morgan fingerprint density at radius 3 is 2.12 bits per heavy atom. The van der Waals surface area contributed by atoms with Crippen molar-refractivity contribution in [2.45, 2.75) is 75.6 Å². The number of aliphatic hydroxyl groups excluding tert-OH is 4. The number of phenolic OH excluding ortho intramolecular Hbond substituents is 1. The molecule has 2 aliphatic heterocycles. The van der Waals surface area contributed by atoms with Crippen LogP contribution in [0.15, 0.2) is 30.3 Å². The first kappa shape index (κ1) is 33.9. The van der Waals surface area contributed by atoms with Gasteiger partial charge in [0.1, 0.15) is 49.5 Å². The Kier molecular flexibility index (Phi) is 11.6. The standard InChI is InChI=1S/C27H34O16/c1-13(29)37-11-19-24(39-15(3)31)22(35)23(36)26(40-19)43-27(12-38-14(2)30)25(21(34)18(10-28)42-27)41-20(33)9-6-16-4-7-17(32)8-5-16/h4-9,18-19,21-26,28,32,34-36H,10-12H2,1-3H3. The van der Waals surface area contributed by atoms with E-state index in [1.165, 1.54) is 30.3 Å². The van der Waals surface area contributed by atoms with Gasteiger partial charge in [-0.25, -0.2) is 4.79 Å². The summed E-state index contributed by atoms with van der Waals surface area (Å²) in [5.74, 6) is -5.90. The smallest absolute Gasteiger partial charge is 0.331 e. The fraction of sp³-hybridized carbons (Fsp3) is 0.556. The average Bonchev–Trinajstić information content (AvgIpc) is 3.20. The van der Waals surface area contributed by atoms with Gasteiger partial charge in [-0.2, -0.15) is 0 Å². The van der Waals surface area contributed by atoms with Crippen LogP contribution in [-0.4, -0.2) is 124 Å². The number of phenols is 1. The molecule has 0 amide bonds. The summed E-state index contributed by atoms with van der Waals surface area (Å²) in [4.78, 5) is 47.6. The summed E-state index contributed by atoms with van der Waals surface area (Å²) in [5, 5.41) is 51.8. The first-order valence-corrected chi connectivity index (χ1v) is 13.0. The lowest BCUT2D eigenvalue weighted by molar-refractivity contribution is -0.383. The molecule has 0 saturated carbocycles.